The lowest BCUT2D eigenvalue weighted by atomic mass is 10.2. The first-order valence-corrected chi connectivity index (χ1v) is 9.75. The molecule has 6 nitrogen and oxygen atoms in total. The van der Waals surface area contributed by atoms with Gasteiger partial charge in [0.1, 0.15) is 0 Å². The van der Waals surface area contributed by atoms with E-state index in [-0.39, 0.29) is 61.2 Å². The molecule has 178 valence electrons. The van der Waals surface area contributed by atoms with Gasteiger partial charge in [-0.3, -0.25) is 4.90 Å². The Balaban J connectivity index is 0.00000480. The molecular weight excluding hydrogens is 538 g/mol. The normalized spacial score (nSPS) is 17.4. The number of hydrogen-bond donors (Lipinski definition) is 2. The molecule has 12 heteroatoms. The van der Waals surface area contributed by atoms with E-state index in [1.807, 2.05) is 6.92 Å². The summed E-state index contributed by atoms with van der Waals surface area (Å²) in [5.74, 6) is 0.509. The van der Waals surface area contributed by atoms with Crippen molar-refractivity contribution in [1.82, 2.24) is 15.5 Å². The van der Waals surface area contributed by atoms with Gasteiger partial charge in [0.2, 0.25) is 0 Å². The highest BCUT2D eigenvalue weighted by atomic mass is 127. The molecular formula is C19H28F5IN4O2. The van der Waals surface area contributed by atoms with E-state index in [9.17, 15) is 22.0 Å². The fourth-order valence-electron chi connectivity index (χ4n) is 3.20. The van der Waals surface area contributed by atoms with Gasteiger partial charge in [-0.2, -0.15) is 22.0 Å². The number of nitrogens with zero attached hydrogens (tertiary/aromatic N) is 2. The third kappa shape index (κ3) is 9.62. The second-order valence-corrected chi connectivity index (χ2v) is 6.73. The molecule has 0 amide bonds. The van der Waals surface area contributed by atoms with Crippen molar-refractivity contribution >= 4 is 29.9 Å². The van der Waals surface area contributed by atoms with Gasteiger partial charge >= 0.3 is 12.8 Å². The quantitative estimate of drug-likeness (QED) is 0.205. The van der Waals surface area contributed by atoms with E-state index in [2.05, 4.69) is 20.4 Å². The molecule has 1 fully saturated rings. The molecule has 1 unspecified atom stereocenters. The number of hydrogen-bond acceptors (Lipinski definition) is 4. The highest BCUT2D eigenvalue weighted by molar-refractivity contribution is 14.0. The van der Waals surface area contributed by atoms with Crippen LogP contribution in [-0.2, 0) is 6.54 Å². The summed E-state index contributed by atoms with van der Waals surface area (Å²) >= 11 is 0. The number of aliphatic imine (C=N–C) groups is 1. The number of benzene rings is 1. The van der Waals surface area contributed by atoms with Gasteiger partial charge in [0, 0.05) is 31.2 Å². The van der Waals surface area contributed by atoms with E-state index in [0.717, 1.165) is 0 Å². The van der Waals surface area contributed by atoms with Crippen LogP contribution in [0.4, 0.5) is 22.0 Å². The molecule has 31 heavy (non-hydrogen) atoms. The van der Waals surface area contributed by atoms with Crippen LogP contribution in [0.25, 0.3) is 0 Å². The highest BCUT2D eigenvalue weighted by Gasteiger charge is 2.34. The first-order chi connectivity index (χ1) is 14.2. The molecule has 2 rings (SSSR count). The molecule has 1 aromatic carbocycles. The largest absolute Gasteiger partial charge is 0.490 e. The molecule has 0 bridgehead atoms. The molecule has 1 heterocycles. The number of ether oxygens (including phenoxy) is 2. The molecule has 1 aliphatic rings. The standard InChI is InChI=1S/C19H27F5N4O2.HI/c1-3-25-18(27-14-8-9-28(11-14)12-19(22,23)24)26-10-13-6-5-7-15(29-4-2)16(13)30-17(20)21;/h5-7,14,17H,3-4,8-12H2,1-2H3,(H2,25,26,27);1H. The average Bonchev–Trinajstić information content (AvgIpc) is 3.06. The summed E-state index contributed by atoms with van der Waals surface area (Å²) in [6, 6.07) is 4.59. The molecule has 2 N–H and O–H groups in total. The Kier molecular flexibility index (Phi) is 11.6. The van der Waals surface area contributed by atoms with Gasteiger partial charge in [-0.25, -0.2) is 4.99 Å². The maximum absolute atomic E-state index is 12.8. The Hall–Kier alpha value is -1.57. The molecule has 1 atom stereocenters. The highest BCUT2D eigenvalue weighted by Crippen LogP contribution is 2.33. The second-order valence-electron chi connectivity index (χ2n) is 6.73. The lowest BCUT2D eigenvalue weighted by molar-refractivity contribution is -0.143. The lowest BCUT2D eigenvalue weighted by Gasteiger charge is -2.20. The minimum atomic E-state index is -4.24. The van der Waals surface area contributed by atoms with Crippen LogP contribution >= 0.6 is 24.0 Å². The predicted molar refractivity (Wildman–Crippen MR) is 119 cm³/mol. The topological polar surface area (TPSA) is 58.1 Å². The number of alkyl halides is 5. The van der Waals surface area contributed by atoms with Crippen molar-refractivity contribution in [2.75, 3.05) is 32.8 Å². The maximum atomic E-state index is 12.8. The third-order valence-electron chi connectivity index (χ3n) is 4.34. The van der Waals surface area contributed by atoms with Crippen molar-refractivity contribution in [3.05, 3.63) is 23.8 Å². The van der Waals surface area contributed by atoms with Crippen molar-refractivity contribution in [2.24, 2.45) is 4.99 Å². The Morgan fingerprint density at radius 2 is 2.03 bits per heavy atom. The summed E-state index contributed by atoms with van der Waals surface area (Å²) in [7, 11) is 0. The summed E-state index contributed by atoms with van der Waals surface area (Å²) in [6.45, 7) is 1.03. The molecule has 1 aliphatic heterocycles. The van der Waals surface area contributed by atoms with Crippen LogP contribution in [-0.4, -0.2) is 62.5 Å². The Morgan fingerprint density at radius 1 is 1.29 bits per heavy atom. The zero-order valence-electron chi connectivity index (χ0n) is 17.3. The molecule has 1 saturated heterocycles. The van der Waals surface area contributed by atoms with Crippen LogP contribution in [0.2, 0.25) is 0 Å². The molecule has 0 aromatic heterocycles. The third-order valence-corrected chi connectivity index (χ3v) is 4.34. The van der Waals surface area contributed by atoms with Crippen molar-refractivity contribution in [3.8, 4) is 11.5 Å². The molecule has 0 aliphatic carbocycles. The first kappa shape index (κ1) is 27.5. The molecule has 0 radical (unpaired) electrons. The summed E-state index contributed by atoms with van der Waals surface area (Å²) < 4.78 is 73.4. The van der Waals surface area contributed by atoms with Gasteiger partial charge in [0.25, 0.3) is 0 Å². The summed E-state index contributed by atoms with van der Waals surface area (Å²) in [5, 5.41) is 6.13. The van der Waals surface area contributed by atoms with E-state index in [1.165, 1.54) is 11.0 Å². The maximum Gasteiger partial charge on any atom is 0.401 e. The zero-order valence-corrected chi connectivity index (χ0v) is 19.7. The van der Waals surface area contributed by atoms with Crippen LogP contribution in [0.3, 0.4) is 0 Å². The number of para-hydroxylation sites is 1. The fraction of sp³-hybridized carbons (Fsp3) is 0.632. The number of likely N-dealkylation sites (tertiary alicyclic amines) is 1. The number of nitrogens with one attached hydrogen (secondary N) is 2. The monoisotopic (exact) mass is 566 g/mol. The van der Waals surface area contributed by atoms with Gasteiger partial charge < -0.3 is 20.1 Å². The molecule has 0 saturated carbocycles. The minimum Gasteiger partial charge on any atom is -0.490 e. The fourth-order valence-corrected chi connectivity index (χ4v) is 3.20. The Bertz CT molecular complexity index is 706. The van der Waals surface area contributed by atoms with Crippen LogP contribution in [0.15, 0.2) is 23.2 Å². The van der Waals surface area contributed by atoms with Gasteiger partial charge in [0.15, 0.2) is 17.5 Å². The van der Waals surface area contributed by atoms with Crippen LogP contribution in [0.1, 0.15) is 25.8 Å². The zero-order chi connectivity index (χ0) is 22.1. The summed E-state index contributed by atoms with van der Waals surface area (Å²) in [5.41, 5.74) is 0.406. The van der Waals surface area contributed by atoms with E-state index >= 15 is 0 Å². The van der Waals surface area contributed by atoms with E-state index < -0.39 is 19.3 Å². The lowest BCUT2D eigenvalue weighted by Crippen LogP contribution is -2.45. The molecule has 1 aromatic rings. The second kappa shape index (κ2) is 13.1. The van der Waals surface area contributed by atoms with Crippen LogP contribution in [0.5, 0.6) is 11.5 Å². The van der Waals surface area contributed by atoms with E-state index in [4.69, 9.17) is 4.74 Å². The smallest absolute Gasteiger partial charge is 0.401 e. The van der Waals surface area contributed by atoms with E-state index in [0.29, 0.717) is 31.0 Å². The van der Waals surface area contributed by atoms with E-state index in [1.54, 1.807) is 19.1 Å². The number of rotatable bonds is 9. The summed E-state index contributed by atoms with van der Waals surface area (Å²) in [4.78, 5) is 5.72. The molecule has 0 spiro atoms. The SMILES string of the molecule is CCNC(=NCc1cccc(OCC)c1OC(F)F)NC1CCN(CC(F)(F)F)C1.I. The van der Waals surface area contributed by atoms with Crippen molar-refractivity contribution in [2.45, 2.75) is 45.6 Å². The van der Waals surface area contributed by atoms with Gasteiger partial charge in [-0.05, 0) is 26.3 Å². The van der Waals surface area contributed by atoms with Crippen LogP contribution in [0, 0.1) is 0 Å². The van der Waals surface area contributed by atoms with Crippen molar-refractivity contribution < 1.29 is 31.4 Å². The Labute approximate surface area is 195 Å². The van der Waals surface area contributed by atoms with Crippen molar-refractivity contribution in [1.29, 1.82) is 0 Å². The number of halogens is 6. The Morgan fingerprint density at radius 3 is 2.65 bits per heavy atom. The summed E-state index contributed by atoms with van der Waals surface area (Å²) in [6.07, 6.45) is -3.69. The van der Waals surface area contributed by atoms with Gasteiger partial charge in [-0.15, -0.1) is 24.0 Å². The number of guanidine groups is 1. The van der Waals surface area contributed by atoms with Crippen molar-refractivity contribution in [3.63, 3.8) is 0 Å². The predicted octanol–water partition coefficient (Wildman–Crippen LogP) is 4.00. The minimum absolute atomic E-state index is 0. The first-order valence-electron chi connectivity index (χ1n) is 9.75. The van der Waals surface area contributed by atoms with Gasteiger partial charge in [0.05, 0.1) is 19.7 Å². The van der Waals surface area contributed by atoms with Crippen LogP contribution < -0.4 is 20.1 Å². The average molecular weight is 566 g/mol. The van der Waals surface area contributed by atoms with Gasteiger partial charge in [-0.1, -0.05) is 12.1 Å².